The number of nitrogens with zero attached hydrogens (tertiary/aromatic N) is 4. The van der Waals surface area contributed by atoms with Gasteiger partial charge in [-0.3, -0.25) is 0 Å². The van der Waals surface area contributed by atoms with Crippen molar-refractivity contribution >= 4 is 27.2 Å². The van der Waals surface area contributed by atoms with Crippen LogP contribution in [0.3, 0.4) is 0 Å². The molecule has 0 aliphatic heterocycles. The standard InChI is InChI=1S/C17H12N4OS/c1-11-15(20-22)16(12-7-3-2-4-8-12)21(19-11)17-18-13-9-5-6-10-14(13)23-17/h2-10H,1H3. The van der Waals surface area contributed by atoms with Gasteiger partial charge in [0.2, 0.25) is 5.13 Å². The zero-order chi connectivity index (χ0) is 15.8. The Labute approximate surface area is 136 Å². The van der Waals surface area contributed by atoms with E-state index in [9.17, 15) is 4.91 Å². The molecule has 0 bridgehead atoms. The van der Waals surface area contributed by atoms with Gasteiger partial charge in [0.1, 0.15) is 5.69 Å². The maximum atomic E-state index is 11.3. The molecule has 0 amide bonds. The van der Waals surface area contributed by atoms with E-state index >= 15 is 0 Å². The van der Waals surface area contributed by atoms with Crippen LogP contribution in [0.1, 0.15) is 5.69 Å². The van der Waals surface area contributed by atoms with Crippen LogP contribution in [0.4, 0.5) is 5.69 Å². The fourth-order valence-electron chi connectivity index (χ4n) is 2.57. The van der Waals surface area contributed by atoms with E-state index in [0.717, 1.165) is 20.9 Å². The number of aryl methyl sites for hydroxylation is 1. The summed E-state index contributed by atoms with van der Waals surface area (Å²) < 4.78 is 2.79. The molecule has 0 N–H and O–H groups in total. The quantitative estimate of drug-likeness (QED) is 0.507. The molecular weight excluding hydrogens is 308 g/mol. The Morgan fingerprint density at radius 1 is 1.04 bits per heavy atom. The second-order valence-corrected chi connectivity index (χ2v) is 6.13. The molecule has 4 aromatic rings. The predicted molar refractivity (Wildman–Crippen MR) is 92.4 cm³/mol. The molecule has 0 aliphatic carbocycles. The minimum absolute atomic E-state index is 0.357. The molecule has 0 fully saturated rings. The SMILES string of the molecule is Cc1nn(-c2nc3ccccc3s2)c(-c2ccccc2)c1N=O. The maximum Gasteiger partial charge on any atom is 0.212 e. The Kier molecular flexibility index (Phi) is 3.24. The van der Waals surface area contributed by atoms with Gasteiger partial charge in [0.05, 0.1) is 15.9 Å². The van der Waals surface area contributed by atoms with Crippen molar-refractivity contribution in [3.8, 4) is 16.4 Å². The van der Waals surface area contributed by atoms with Gasteiger partial charge in [-0.15, -0.1) is 4.91 Å². The van der Waals surface area contributed by atoms with Crippen LogP contribution in [0.5, 0.6) is 0 Å². The van der Waals surface area contributed by atoms with E-state index in [4.69, 9.17) is 0 Å². The van der Waals surface area contributed by atoms with E-state index in [1.165, 1.54) is 11.3 Å². The summed E-state index contributed by atoms with van der Waals surface area (Å²) in [5.74, 6) is 0. The highest BCUT2D eigenvalue weighted by molar-refractivity contribution is 7.20. The molecule has 2 aromatic carbocycles. The van der Waals surface area contributed by atoms with Crippen molar-refractivity contribution in [2.45, 2.75) is 6.92 Å². The topological polar surface area (TPSA) is 60.1 Å². The van der Waals surface area contributed by atoms with Gasteiger partial charge in [-0.1, -0.05) is 53.8 Å². The average molecular weight is 320 g/mol. The highest BCUT2D eigenvalue weighted by Crippen LogP contribution is 2.36. The Morgan fingerprint density at radius 3 is 2.52 bits per heavy atom. The predicted octanol–water partition coefficient (Wildman–Crippen LogP) is 4.86. The van der Waals surface area contributed by atoms with Crippen LogP contribution >= 0.6 is 11.3 Å². The number of aromatic nitrogens is 3. The van der Waals surface area contributed by atoms with E-state index in [-0.39, 0.29) is 0 Å². The lowest BCUT2D eigenvalue weighted by Gasteiger charge is -2.04. The Morgan fingerprint density at radius 2 is 1.78 bits per heavy atom. The highest BCUT2D eigenvalue weighted by Gasteiger charge is 2.20. The van der Waals surface area contributed by atoms with Crippen molar-refractivity contribution in [1.29, 1.82) is 0 Å². The summed E-state index contributed by atoms with van der Waals surface area (Å²) in [6.45, 7) is 1.78. The second kappa shape index (κ2) is 5.40. The lowest BCUT2D eigenvalue weighted by Crippen LogP contribution is -1.98. The molecule has 112 valence electrons. The van der Waals surface area contributed by atoms with Crippen LogP contribution in [0.2, 0.25) is 0 Å². The molecule has 23 heavy (non-hydrogen) atoms. The van der Waals surface area contributed by atoms with Gasteiger partial charge in [0.25, 0.3) is 0 Å². The van der Waals surface area contributed by atoms with E-state index in [2.05, 4.69) is 15.3 Å². The van der Waals surface area contributed by atoms with Crippen LogP contribution in [0.15, 0.2) is 59.8 Å². The normalized spacial score (nSPS) is 11.0. The highest BCUT2D eigenvalue weighted by atomic mass is 32.1. The number of rotatable bonds is 3. The minimum atomic E-state index is 0.357. The zero-order valence-electron chi connectivity index (χ0n) is 12.3. The zero-order valence-corrected chi connectivity index (χ0v) is 13.1. The van der Waals surface area contributed by atoms with Crippen LogP contribution in [0, 0.1) is 11.8 Å². The van der Waals surface area contributed by atoms with Gasteiger partial charge >= 0.3 is 0 Å². The number of fused-ring (bicyclic) bond motifs is 1. The molecule has 4 rings (SSSR count). The van der Waals surface area contributed by atoms with E-state index in [1.807, 2.05) is 54.6 Å². The third kappa shape index (κ3) is 2.24. The van der Waals surface area contributed by atoms with E-state index in [0.29, 0.717) is 17.1 Å². The summed E-state index contributed by atoms with van der Waals surface area (Å²) >= 11 is 1.54. The fraction of sp³-hybridized carbons (Fsp3) is 0.0588. The summed E-state index contributed by atoms with van der Waals surface area (Å²) in [5.41, 5.74) is 3.44. The van der Waals surface area contributed by atoms with Crippen LogP contribution in [0.25, 0.3) is 26.6 Å². The van der Waals surface area contributed by atoms with Crippen molar-refractivity contribution in [2.24, 2.45) is 5.18 Å². The first-order valence-corrected chi connectivity index (χ1v) is 7.94. The molecule has 0 aliphatic rings. The van der Waals surface area contributed by atoms with E-state index in [1.54, 1.807) is 11.6 Å². The Bertz CT molecular complexity index is 971. The molecule has 0 atom stereocenters. The summed E-state index contributed by atoms with van der Waals surface area (Å²) in [5, 5.41) is 8.41. The first-order chi connectivity index (χ1) is 11.3. The Hall–Kier alpha value is -2.86. The van der Waals surface area contributed by atoms with Crippen LogP contribution in [-0.2, 0) is 0 Å². The van der Waals surface area contributed by atoms with E-state index < -0.39 is 0 Å². The summed E-state index contributed by atoms with van der Waals surface area (Å²) in [7, 11) is 0. The summed E-state index contributed by atoms with van der Waals surface area (Å²) in [6.07, 6.45) is 0. The Balaban J connectivity index is 2.00. The van der Waals surface area contributed by atoms with Crippen molar-refractivity contribution in [3.63, 3.8) is 0 Å². The lowest BCUT2D eigenvalue weighted by molar-refractivity contribution is 0.862. The van der Waals surface area contributed by atoms with Gasteiger partial charge in [-0.2, -0.15) is 5.10 Å². The molecule has 5 nitrogen and oxygen atoms in total. The minimum Gasteiger partial charge on any atom is -0.218 e. The molecule has 2 aromatic heterocycles. The average Bonchev–Trinajstić information content (AvgIpc) is 3.16. The molecule has 0 spiro atoms. The number of hydrogen-bond acceptors (Lipinski definition) is 5. The van der Waals surface area contributed by atoms with Gasteiger partial charge in [-0.05, 0) is 24.2 Å². The van der Waals surface area contributed by atoms with Crippen molar-refractivity contribution in [2.75, 3.05) is 0 Å². The molecular formula is C17H12N4OS. The largest absolute Gasteiger partial charge is 0.218 e. The maximum absolute atomic E-state index is 11.3. The molecule has 0 saturated carbocycles. The molecule has 6 heteroatoms. The summed E-state index contributed by atoms with van der Waals surface area (Å²) in [6, 6.07) is 17.6. The van der Waals surface area contributed by atoms with Crippen molar-refractivity contribution in [1.82, 2.24) is 14.8 Å². The van der Waals surface area contributed by atoms with Gasteiger partial charge in [-0.25, -0.2) is 9.67 Å². The molecule has 0 saturated heterocycles. The summed E-state index contributed by atoms with van der Waals surface area (Å²) in [4.78, 5) is 16.0. The molecule has 2 heterocycles. The number of para-hydroxylation sites is 1. The van der Waals surface area contributed by atoms with Gasteiger partial charge in [0, 0.05) is 5.56 Å². The van der Waals surface area contributed by atoms with Gasteiger partial charge < -0.3 is 0 Å². The van der Waals surface area contributed by atoms with Crippen molar-refractivity contribution < 1.29 is 0 Å². The van der Waals surface area contributed by atoms with Crippen molar-refractivity contribution in [3.05, 3.63) is 65.2 Å². The first-order valence-electron chi connectivity index (χ1n) is 7.12. The number of thiazole rings is 1. The second-order valence-electron chi connectivity index (χ2n) is 5.12. The molecule has 0 radical (unpaired) electrons. The lowest BCUT2D eigenvalue weighted by atomic mass is 10.1. The molecule has 0 unspecified atom stereocenters. The fourth-order valence-corrected chi connectivity index (χ4v) is 3.50. The number of hydrogen-bond donors (Lipinski definition) is 0. The third-order valence-electron chi connectivity index (χ3n) is 3.63. The third-order valence-corrected chi connectivity index (χ3v) is 4.64. The monoisotopic (exact) mass is 320 g/mol. The van der Waals surface area contributed by atoms with Crippen LogP contribution in [-0.4, -0.2) is 14.8 Å². The van der Waals surface area contributed by atoms with Gasteiger partial charge in [0.15, 0.2) is 5.69 Å². The first kappa shape index (κ1) is 13.8. The number of benzene rings is 2. The number of nitroso groups, excluding NO2 is 1. The smallest absolute Gasteiger partial charge is 0.212 e. The van der Waals surface area contributed by atoms with Crippen LogP contribution < -0.4 is 0 Å².